The summed E-state index contributed by atoms with van der Waals surface area (Å²) in [6.07, 6.45) is 0. The Labute approximate surface area is 122 Å². The Balaban J connectivity index is 2.75. The molecule has 4 atom stereocenters. The topological polar surface area (TPSA) is 131 Å². The number of hydrogen-bond donors (Lipinski definition) is 1. The molecule has 2 bridgehead atoms. The van der Waals surface area contributed by atoms with Crippen LogP contribution >= 0.6 is 0 Å². The summed E-state index contributed by atoms with van der Waals surface area (Å²) in [6.45, 7) is 4.79. The van der Waals surface area contributed by atoms with Crippen LogP contribution in [0.4, 0.5) is 0 Å². The van der Waals surface area contributed by atoms with Crippen molar-refractivity contribution in [3.8, 4) is 18.2 Å². The van der Waals surface area contributed by atoms with E-state index in [9.17, 15) is 20.6 Å². The monoisotopic (exact) mass is 286 g/mol. The number of nitriles is 3. The zero-order valence-electron chi connectivity index (χ0n) is 11.9. The average Bonchev–Trinajstić information content (AvgIpc) is 2.73. The highest BCUT2D eigenvalue weighted by atomic mass is 16.5. The Bertz CT molecular complexity index is 639. The van der Waals surface area contributed by atoms with Crippen LogP contribution < -0.4 is 0 Å². The highest BCUT2D eigenvalue weighted by molar-refractivity contribution is 5.94. The number of ether oxygens (including phenoxy) is 2. The molecule has 0 radical (unpaired) electrons. The van der Waals surface area contributed by atoms with Gasteiger partial charge in [-0.2, -0.15) is 15.8 Å². The minimum atomic E-state index is -1.91. The number of carbonyl (C=O) groups excluding carboxylic acids is 1. The van der Waals surface area contributed by atoms with Crippen molar-refractivity contribution in [3.63, 3.8) is 0 Å². The van der Waals surface area contributed by atoms with Crippen LogP contribution in [0, 0.1) is 62.1 Å². The third kappa shape index (κ3) is 1.21. The van der Waals surface area contributed by atoms with Gasteiger partial charge in [-0.05, 0) is 13.8 Å². The zero-order valence-corrected chi connectivity index (χ0v) is 11.9. The maximum absolute atomic E-state index is 12.2. The van der Waals surface area contributed by atoms with Crippen LogP contribution in [0.3, 0.4) is 0 Å². The van der Waals surface area contributed by atoms with Gasteiger partial charge >= 0.3 is 5.97 Å². The van der Waals surface area contributed by atoms with Gasteiger partial charge < -0.3 is 9.47 Å². The highest BCUT2D eigenvalue weighted by Gasteiger charge is 2.86. The minimum absolute atomic E-state index is 0.140. The molecule has 2 fully saturated rings. The molecule has 0 aromatic rings. The molecule has 7 heteroatoms. The lowest BCUT2D eigenvalue weighted by molar-refractivity contribution is -0.158. The van der Waals surface area contributed by atoms with Gasteiger partial charge in [0.05, 0.1) is 24.8 Å². The fourth-order valence-electron chi connectivity index (χ4n) is 3.82. The fourth-order valence-corrected chi connectivity index (χ4v) is 3.82. The third-order valence-corrected chi connectivity index (χ3v) is 4.84. The van der Waals surface area contributed by atoms with E-state index >= 15 is 0 Å². The van der Waals surface area contributed by atoms with Crippen molar-refractivity contribution in [1.82, 2.24) is 0 Å². The lowest BCUT2D eigenvalue weighted by atomic mass is 9.63. The number of nitrogens with one attached hydrogen (secondary N) is 1. The fraction of sp³-hybridized carbons (Fsp3) is 0.643. The number of fused-ring (bicyclic) bond motifs is 2. The summed E-state index contributed by atoms with van der Waals surface area (Å²) in [7, 11) is 0. The molecule has 7 nitrogen and oxygen atoms in total. The number of hydrogen-bond acceptors (Lipinski definition) is 7. The predicted octanol–water partition coefficient (Wildman–Crippen LogP) is 1.13. The van der Waals surface area contributed by atoms with E-state index in [0.717, 1.165) is 0 Å². The van der Waals surface area contributed by atoms with Crippen molar-refractivity contribution in [2.75, 3.05) is 6.61 Å². The Kier molecular flexibility index (Phi) is 2.96. The first-order valence-electron chi connectivity index (χ1n) is 6.51. The molecule has 1 aliphatic carbocycles. The van der Waals surface area contributed by atoms with Crippen molar-refractivity contribution < 1.29 is 14.3 Å². The molecule has 0 amide bonds. The van der Waals surface area contributed by atoms with E-state index in [-0.39, 0.29) is 6.61 Å². The normalized spacial score (nSPS) is 38.8. The van der Waals surface area contributed by atoms with E-state index in [1.807, 2.05) is 18.2 Å². The summed E-state index contributed by atoms with van der Waals surface area (Å²) in [5.41, 5.74) is -5.25. The van der Waals surface area contributed by atoms with Crippen LogP contribution in [0.2, 0.25) is 0 Å². The van der Waals surface area contributed by atoms with Gasteiger partial charge in [0.15, 0.2) is 11.0 Å². The highest BCUT2D eigenvalue weighted by Crippen LogP contribution is 2.70. The Morgan fingerprint density at radius 1 is 1.38 bits per heavy atom. The van der Waals surface area contributed by atoms with Crippen molar-refractivity contribution >= 4 is 11.9 Å². The van der Waals surface area contributed by atoms with Crippen LogP contribution in [-0.4, -0.2) is 24.1 Å². The molecule has 0 spiro atoms. The average molecular weight is 286 g/mol. The summed E-state index contributed by atoms with van der Waals surface area (Å²) in [4.78, 5) is 12.2. The lowest BCUT2D eigenvalue weighted by Gasteiger charge is -2.35. The number of rotatable bonds is 2. The van der Waals surface area contributed by atoms with Gasteiger partial charge in [0.25, 0.3) is 0 Å². The summed E-state index contributed by atoms with van der Waals surface area (Å²) >= 11 is 0. The SMILES string of the molecule is CCOC(=O)[C@H]1[C@H](C)[C@]2(C#N)C(=N)O[C@]1(C)C2(C#N)C#N. The van der Waals surface area contributed by atoms with Crippen molar-refractivity contribution in [2.24, 2.45) is 22.7 Å². The van der Waals surface area contributed by atoms with Crippen LogP contribution in [-0.2, 0) is 14.3 Å². The summed E-state index contributed by atoms with van der Waals surface area (Å²) in [5.74, 6) is -2.73. The smallest absolute Gasteiger partial charge is 0.313 e. The summed E-state index contributed by atoms with van der Waals surface area (Å²) < 4.78 is 10.4. The van der Waals surface area contributed by atoms with E-state index in [1.54, 1.807) is 13.8 Å². The molecule has 1 saturated heterocycles. The van der Waals surface area contributed by atoms with Gasteiger partial charge in [-0.15, -0.1) is 0 Å². The molecule has 1 aliphatic heterocycles. The van der Waals surface area contributed by atoms with E-state index in [1.165, 1.54) is 6.92 Å². The van der Waals surface area contributed by atoms with Crippen molar-refractivity contribution in [1.29, 1.82) is 21.2 Å². The van der Waals surface area contributed by atoms with Gasteiger partial charge in [-0.25, -0.2) is 0 Å². The first-order valence-corrected chi connectivity index (χ1v) is 6.51. The quantitative estimate of drug-likeness (QED) is 0.757. The molecule has 0 aromatic heterocycles. The Morgan fingerprint density at radius 3 is 2.33 bits per heavy atom. The van der Waals surface area contributed by atoms with Crippen LogP contribution in [0.15, 0.2) is 0 Å². The van der Waals surface area contributed by atoms with Crippen LogP contribution in [0.5, 0.6) is 0 Å². The molecular formula is C14H14N4O3. The maximum Gasteiger partial charge on any atom is 0.313 e. The molecule has 21 heavy (non-hydrogen) atoms. The second-order valence-corrected chi connectivity index (χ2v) is 5.45. The molecule has 0 unspecified atom stereocenters. The van der Waals surface area contributed by atoms with Crippen molar-refractivity contribution in [3.05, 3.63) is 0 Å². The van der Waals surface area contributed by atoms with Gasteiger partial charge in [0, 0.05) is 5.92 Å². The van der Waals surface area contributed by atoms with Gasteiger partial charge in [-0.3, -0.25) is 10.2 Å². The maximum atomic E-state index is 12.2. The standard InChI is InChI=1S/C14H14N4O3/c1-4-20-10(19)9-8(2)14(7-17)11(18)21-12(9,3)13(14,5-15)6-16/h8-9,18H,4H2,1-3H3/t8-,9+,12-,14+/m0/s1. The van der Waals surface area contributed by atoms with E-state index in [4.69, 9.17) is 14.9 Å². The van der Waals surface area contributed by atoms with E-state index < -0.39 is 40.1 Å². The van der Waals surface area contributed by atoms with Crippen molar-refractivity contribution in [2.45, 2.75) is 26.4 Å². The number of nitrogens with zero attached hydrogens (tertiary/aromatic N) is 3. The van der Waals surface area contributed by atoms with Gasteiger partial charge in [0.1, 0.15) is 5.92 Å². The second-order valence-electron chi connectivity index (χ2n) is 5.45. The largest absolute Gasteiger partial charge is 0.470 e. The van der Waals surface area contributed by atoms with Crippen LogP contribution in [0.25, 0.3) is 0 Å². The van der Waals surface area contributed by atoms with Crippen LogP contribution in [0.1, 0.15) is 20.8 Å². The van der Waals surface area contributed by atoms with E-state index in [0.29, 0.717) is 0 Å². The molecule has 2 aliphatic rings. The minimum Gasteiger partial charge on any atom is -0.470 e. The zero-order chi connectivity index (χ0) is 16.1. The molecule has 1 heterocycles. The lowest BCUT2D eigenvalue weighted by Crippen LogP contribution is -2.48. The first-order chi connectivity index (χ1) is 9.82. The molecule has 2 rings (SSSR count). The summed E-state index contributed by atoms with van der Waals surface area (Å²) in [5, 5.41) is 36.7. The first kappa shape index (κ1) is 14.8. The predicted molar refractivity (Wildman–Crippen MR) is 68.2 cm³/mol. The molecule has 1 N–H and O–H groups in total. The molecule has 1 saturated carbocycles. The van der Waals surface area contributed by atoms with E-state index in [2.05, 4.69) is 0 Å². The number of carbonyl (C=O) groups is 1. The molecule has 0 aromatic carbocycles. The third-order valence-electron chi connectivity index (χ3n) is 4.84. The number of esters is 1. The van der Waals surface area contributed by atoms with Gasteiger partial charge in [-0.1, -0.05) is 6.92 Å². The summed E-state index contributed by atoms with van der Waals surface area (Å²) in [6, 6.07) is 5.61. The Hall–Kier alpha value is -2.59. The Morgan fingerprint density at radius 2 is 1.95 bits per heavy atom. The second kappa shape index (κ2) is 4.20. The van der Waals surface area contributed by atoms with Gasteiger partial charge in [0.2, 0.25) is 11.3 Å². The molecular weight excluding hydrogens is 272 g/mol. The molecule has 108 valence electrons.